The molecule has 3 rings (SSSR count). The molecule has 0 aliphatic carbocycles. The van der Waals surface area contributed by atoms with E-state index >= 15 is 0 Å². The van der Waals surface area contributed by atoms with Crippen LogP contribution in [0.15, 0.2) is 59.1 Å². The van der Waals surface area contributed by atoms with Crippen LogP contribution in [0.2, 0.25) is 0 Å². The predicted octanol–water partition coefficient (Wildman–Crippen LogP) is 5.78. The molecule has 0 aliphatic heterocycles. The lowest BCUT2D eigenvalue weighted by molar-refractivity contribution is 0.262. The molecule has 4 nitrogen and oxygen atoms in total. The summed E-state index contributed by atoms with van der Waals surface area (Å²) in [5, 5.41) is 6.23. The number of para-hydroxylation sites is 1. The Balaban J connectivity index is 1.77. The van der Waals surface area contributed by atoms with Gasteiger partial charge in [-0.1, -0.05) is 49.4 Å². The first-order valence-electron chi connectivity index (χ1n) is 7.55. The number of amides is 2. The minimum atomic E-state index is -0.307. The van der Waals surface area contributed by atoms with Gasteiger partial charge in [0.25, 0.3) is 0 Å². The van der Waals surface area contributed by atoms with Crippen molar-refractivity contribution >= 4 is 44.1 Å². The highest BCUT2D eigenvalue weighted by molar-refractivity contribution is 9.10. The van der Waals surface area contributed by atoms with Gasteiger partial charge in [0.05, 0.1) is 11.4 Å². The quantitative estimate of drug-likeness (QED) is 0.581. The van der Waals surface area contributed by atoms with Gasteiger partial charge in [-0.2, -0.15) is 0 Å². The van der Waals surface area contributed by atoms with E-state index < -0.39 is 0 Å². The van der Waals surface area contributed by atoms with Crippen molar-refractivity contribution in [3.8, 4) is 11.3 Å². The number of anilines is 2. The molecule has 2 N–H and O–H groups in total. The molecule has 0 saturated heterocycles. The van der Waals surface area contributed by atoms with Gasteiger partial charge >= 0.3 is 6.03 Å². The molecule has 0 fully saturated rings. The second kappa shape index (κ2) is 7.59. The Morgan fingerprint density at radius 3 is 2.50 bits per heavy atom. The van der Waals surface area contributed by atoms with Crippen LogP contribution in [0.1, 0.15) is 11.8 Å². The maximum absolute atomic E-state index is 12.2. The molecule has 0 spiro atoms. The van der Waals surface area contributed by atoms with Gasteiger partial charge in [-0.3, -0.25) is 5.32 Å². The highest BCUT2D eigenvalue weighted by Gasteiger charge is 2.14. The van der Waals surface area contributed by atoms with E-state index in [9.17, 15) is 4.79 Å². The molecule has 0 unspecified atom stereocenters. The average Bonchev–Trinajstić information content (AvgIpc) is 3.00. The summed E-state index contributed by atoms with van der Waals surface area (Å²) in [6, 6.07) is 17.2. The summed E-state index contributed by atoms with van der Waals surface area (Å²) >= 11 is 4.91. The lowest BCUT2D eigenvalue weighted by atomic mass is 10.1. The topological polar surface area (TPSA) is 54.0 Å². The first kappa shape index (κ1) is 16.7. The van der Waals surface area contributed by atoms with Gasteiger partial charge in [0.15, 0.2) is 5.13 Å². The maximum atomic E-state index is 12.2. The van der Waals surface area contributed by atoms with E-state index in [1.165, 1.54) is 11.3 Å². The van der Waals surface area contributed by atoms with Gasteiger partial charge in [0.1, 0.15) is 0 Å². The number of benzene rings is 2. The molecule has 3 aromatic rings. The Hall–Kier alpha value is -2.18. The second-order valence-corrected chi connectivity index (χ2v) is 7.01. The van der Waals surface area contributed by atoms with Crippen molar-refractivity contribution in [3.63, 3.8) is 0 Å². The number of halogens is 1. The fourth-order valence-electron chi connectivity index (χ4n) is 2.28. The first-order chi connectivity index (χ1) is 11.7. The van der Waals surface area contributed by atoms with E-state index in [1.54, 1.807) is 0 Å². The minimum absolute atomic E-state index is 0.307. The number of aromatic nitrogens is 1. The number of hydrogen-bond acceptors (Lipinski definition) is 3. The van der Waals surface area contributed by atoms with Crippen molar-refractivity contribution in [2.24, 2.45) is 0 Å². The number of urea groups is 1. The normalized spacial score (nSPS) is 10.4. The van der Waals surface area contributed by atoms with Crippen LogP contribution < -0.4 is 10.6 Å². The smallest absolute Gasteiger partial charge is 0.307 e. The maximum Gasteiger partial charge on any atom is 0.325 e. The number of thiazole rings is 1. The summed E-state index contributed by atoms with van der Waals surface area (Å²) in [7, 11) is 0. The number of rotatable bonds is 4. The molecule has 2 aromatic carbocycles. The van der Waals surface area contributed by atoms with E-state index in [2.05, 4.69) is 38.5 Å². The molecule has 0 saturated carbocycles. The van der Waals surface area contributed by atoms with Gasteiger partial charge < -0.3 is 5.32 Å². The Morgan fingerprint density at radius 1 is 1.08 bits per heavy atom. The van der Waals surface area contributed by atoms with E-state index in [4.69, 9.17) is 0 Å². The molecule has 1 heterocycles. The van der Waals surface area contributed by atoms with Gasteiger partial charge in [-0.15, -0.1) is 11.3 Å². The van der Waals surface area contributed by atoms with Crippen LogP contribution in [-0.4, -0.2) is 11.0 Å². The van der Waals surface area contributed by atoms with Crippen LogP contribution in [0.4, 0.5) is 15.6 Å². The zero-order valence-electron chi connectivity index (χ0n) is 13.0. The molecule has 0 aliphatic rings. The molecule has 24 heavy (non-hydrogen) atoms. The predicted molar refractivity (Wildman–Crippen MR) is 104 cm³/mol. The molecule has 0 radical (unpaired) electrons. The number of nitrogens with zero attached hydrogens (tertiary/aromatic N) is 1. The van der Waals surface area contributed by atoms with E-state index in [0.717, 1.165) is 27.0 Å². The van der Waals surface area contributed by atoms with E-state index in [-0.39, 0.29) is 6.03 Å². The van der Waals surface area contributed by atoms with Crippen LogP contribution in [0.5, 0.6) is 0 Å². The number of hydrogen-bond donors (Lipinski definition) is 2. The van der Waals surface area contributed by atoms with Gasteiger partial charge in [0.2, 0.25) is 0 Å². The molecule has 0 atom stereocenters. The monoisotopic (exact) mass is 401 g/mol. The standard InChI is InChI=1S/C18H16BrN3OS/c1-2-15-16(12-8-4-3-5-9-12)21-18(24-15)22-17(23)20-14-11-7-6-10-13(14)19/h3-11H,2H2,1H3,(H2,20,21,22,23). The zero-order valence-corrected chi connectivity index (χ0v) is 15.4. The van der Waals surface area contributed by atoms with Gasteiger partial charge in [-0.25, -0.2) is 9.78 Å². The number of carbonyl (C=O) groups is 1. The highest BCUT2D eigenvalue weighted by atomic mass is 79.9. The third kappa shape index (κ3) is 3.83. The summed E-state index contributed by atoms with van der Waals surface area (Å²) in [5.41, 5.74) is 2.70. The molecule has 2 amide bonds. The molecule has 6 heteroatoms. The van der Waals surface area contributed by atoms with Crippen molar-refractivity contribution in [2.75, 3.05) is 10.6 Å². The Kier molecular flexibility index (Phi) is 5.27. The third-order valence-corrected chi connectivity index (χ3v) is 5.21. The molecule has 1 aromatic heterocycles. The molecule has 122 valence electrons. The fraction of sp³-hybridized carbons (Fsp3) is 0.111. The van der Waals surface area contributed by atoms with Crippen LogP contribution in [0.25, 0.3) is 11.3 Å². The Bertz CT molecular complexity index is 848. The fourth-order valence-corrected chi connectivity index (χ4v) is 3.58. The molecule has 0 bridgehead atoms. The van der Waals surface area contributed by atoms with Crippen molar-refractivity contribution in [1.82, 2.24) is 4.98 Å². The largest absolute Gasteiger partial charge is 0.325 e. The van der Waals surface area contributed by atoms with Crippen molar-refractivity contribution in [1.29, 1.82) is 0 Å². The highest BCUT2D eigenvalue weighted by Crippen LogP contribution is 2.31. The van der Waals surface area contributed by atoms with Gasteiger partial charge in [-0.05, 0) is 34.5 Å². The number of carbonyl (C=O) groups excluding carboxylic acids is 1. The van der Waals surface area contributed by atoms with Crippen molar-refractivity contribution in [3.05, 3.63) is 63.9 Å². The Labute approximate surface area is 153 Å². The zero-order chi connectivity index (χ0) is 16.9. The first-order valence-corrected chi connectivity index (χ1v) is 9.16. The SMILES string of the molecule is CCc1sc(NC(=O)Nc2ccccc2Br)nc1-c1ccccc1. The van der Waals surface area contributed by atoms with E-state index in [0.29, 0.717) is 10.8 Å². The summed E-state index contributed by atoms with van der Waals surface area (Å²) in [6.07, 6.45) is 0.870. The third-order valence-electron chi connectivity index (χ3n) is 3.41. The van der Waals surface area contributed by atoms with Crippen LogP contribution in [0, 0.1) is 0 Å². The van der Waals surface area contributed by atoms with Crippen molar-refractivity contribution < 1.29 is 4.79 Å². The van der Waals surface area contributed by atoms with Crippen LogP contribution in [0.3, 0.4) is 0 Å². The number of nitrogens with one attached hydrogen (secondary N) is 2. The summed E-state index contributed by atoms with van der Waals surface area (Å²) in [4.78, 5) is 17.9. The summed E-state index contributed by atoms with van der Waals surface area (Å²) in [5.74, 6) is 0. The average molecular weight is 402 g/mol. The van der Waals surface area contributed by atoms with Crippen molar-refractivity contribution in [2.45, 2.75) is 13.3 Å². The molecular formula is C18H16BrN3OS. The lowest BCUT2D eigenvalue weighted by Crippen LogP contribution is -2.19. The van der Waals surface area contributed by atoms with Crippen LogP contribution >= 0.6 is 27.3 Å². The lowest BCUT2D eigenvalue weighted by Gasteiger charge is -2.06. The minimum Gasteiger partial charge on any atom is -0.307 e. The summed E-state index contributed by atoms with van der Waals surface area (Å²) < 4.78 is 0.832. The van der Waals surface area contributed by atoms with E-state index in [1.807, 2.05) is 54.6 Å². The van der Waals surface area contributed by atoms with Crippen LogP contribution in [-0.2, 0) is 6.42 Å². The number of aryl methyl sites for hydroxylation is 1. The Morgan fingerprint density at radius 2 is 1.79 bits per heavy atom. The van der Waals surface area contributed by atoms with Gasteiger partial charge in [0, 0.05) is 14.9 Å². The molecular weight excluding hydrogens is 386 g/mol. The summed E-state index contributed by atoms with van der Waals surface area (Å²) in [6.45, 7) is 2.09. The second-order valence-electron chi connectivity index (χ2n) is 5.07.